The topological polar surface area (TPSA) is 26.3 Å². The normalized spacial score (nSPS) is 17.1. The Balaban J connectivity index is 2.55. The van der Waals surface area contributed by atoms with Gasteiger partial charge in [0.25, 0.3) is 0 Å². The Hall–Kier alpha value is -1.01. The van der Waals surface area contributed by atoms with Crippen LogP contribution >= 0.6 is 0 Å². The largest absolute Gasteiger partial charge is 0.458 e. The van der Waals surface area contributed by atoms with Crippen molar-refractivity contribution in [1.29, 1.82) is 0 Å². The number of ether oxygens (including phenoxy) is 1. The Morgan fingerprint density at radius 3 is 2.73 bits per heavy atom. The van der Waals surface area contributed by atoms with Gasteiger partial charge >= 0.3 is 5.97 Å². The average molecular weight is 208 g/mol. The lowest BCUT2D eigenvalue weighted by atomic mass is 10.2. The minimum absolute atomic E-state index is 0.0828. The first-order chi connectivity index (χ1) is 7.22. The summed E-state index contributed by atoms with van der Waals surface area (Å²) < 4.78 is 5.18. The van der Waals surface area contributed by atoms with Gasteiger partial charge in [-0.2, -0.15) is 0 Å². The summed E-state index contributed by atoms with van der Waals surface area (Å²) in [6.45, 7) is 3.55. The Kier molecular flexibility index (Phi) is 5.20. The molecule has 0 unspecified atom stereocenters. The second kappa shape index (κ2) is 6.47. The Morgan fingerprint density at radius 1 is 1.53 bits per heavy atom. The van der Waals surface area contributed by atoms with Crippen molar-refractivity contribution in [2.75, 3.05) is 0 Å². The quantitative estimate of drug-likeness (QED) is 0.523. The fourth-order valence-corrected chi connectivity index (χ4v) is 1.83. The van der Waals surface area contributed by atoms with Crippen LogP contribution in [0.25, 0.3) is 0 Å². The maximum absolute atomic E-state index is 10.8. The van der Waals surface area contributed by atoms with Gasteiger partial charge < -0.3 is 4.74 Å². The molecule has 0 aromatic carbocycles. The van der Waals surface area contributed by atoms with E-state index in [-0.39, 0.29) is 12.1 Å². The molecule has 0 radical (unpaired) electrons. The van der Waals surface area contributed by atoms with Gasteiger partial charge in [-0.1, -0.05) is 13.3 Å². The van der Waals surface area contributed by atoms with Gasteiger partial charge in [0.15, 0.2) is 0 Å². The highest BCUT2D eigenvalue weighted by Gasteiger charge is 2.08. The predicted molar refractivity (Wildman–Crippen MR) is 60.5 cm³/mol. The molecule has 1 aliphatic rings. The molecule has 0 aliphatic heterocycles. The molecule has 2 heteroatoms. The third kappa shape index (κ3) is 4.85. The highest BCUT2D eigenvalue weighted by atomic mass is 16.5. The van der Waals surface area contributed by atoms with E-state index in [9.17, 15) is 4.79 Å². The number of hydrogen-bond donors (Lipinski definition) is 0. The Morgan fingerprint density at radius 2 is 2.20 bits per heavy atom. The van der Waals surface area contributed by atoms with Crippen LogP contribution in [0.2, 0.25) is 0 Å². The molecule has 0 amide bonds. The van der Waals surface area contributed by atoms with E-state index in [0.29, 0.717) is 0 Å². The van der Waals surface area contributed by atoms with Crippen LogP contribution in [0.15, 0.2) is 17.4 Å². The Bertz CT molecular complexity index is 264. The van der Waals surface area contributed by atoms with Crippen molar-refractivity contribution < 1.29 is 9.53 Å². The molecule has 0 saturated heterocycles. The molecule has 1 aliphatic carbocycles. The molecular formula is C13H20O2. The molecule has 15 heavy (non-hydrogen) atoms. The third-order valence-corrected chi connectivity index (χ3v) is 2.57. The molecular weight excluding hydrogens is 188 g/mol. The lowest BCUT2D eigenvalue weighted by Gasteiger charge is -2.10. The zero-order valence-electron chi connectivity index (χ0n) is 9.71. The number of esters is 1. The van der Waals surface area contributed by atoms with Crippen LogP contribution in [0.5, 0.6) is 0 Å². The predicted octanol–water partition coefficient (Wildman–Crippen LogP) is 3.37. The van der Waals surface area contributed by atoms with E-state index in [4.69, 9.17) is 4.74 Å². The maximum atomic E-state index is 10.8. The van der Waals surface area contributed by atoms with E-state index in [1.807, 2.05) is 6.08 Å². The van der Waals surface area contributed by atoms with Crippen LogP contribution in [0, 0.1) is 0 Å². The van der Waals surface area contributed by atoms with E-state index in [1.54, 1.807) is 0 Å². The van der Waals surface area contributed by atoms with E-state index >= 15 is 0 Å². The summed E-state index contributed by atoms with van der Waals surface area (Å²) in [5.41, 5.74) is 4.66. The van der Waals surface area contributed by atoms with Gasteiger partial charge in [0.1, 0.15) is 6.10 Å². The summed E-state index contributed by atoms with van der Waals surface area (Å²) in [5, 5.41) is 0. The molecule has 0 spiro atoms. The average Bonchev–Trinajstić information content (AvgIpc) is 2.66. The molecule has 84 valence electrons. The second-order valence-corrected chi connectivity index (χ2v) is 4.06. The van der Waals surface area contributed by atoms with Crippen molar-refractivity contribution in [1.82, 2.24) is 0 Å². The fourth-order valence-electron chi connectivity index (χ4n) is 1.83. The number of hydrogen-bond acceptors (Lipinski definition) is 2. The van der Waals surface area contributed by atoms with Crippen LogP contribution in [-0.2, 0) is 9.53 Å². The molecule has 1 atom stereocenters. The summed E-state index contributed by atoms with van der Waals surface area (Å²) in [5.74, 6) is -0.206. The Labute approximate surface area is 92.0 Å². The zero-order chi connectivity index (χ0) is 11.1. The first-order valence-electron chi connectivity index (χ1n) is 5.84. The molecule has 1 rings (SSSR count). The molecule has 0 heterocycles. The van der Waals surface area contributed by atoms with Gasteiger partial charge in [-0.15, -0.1) is 5.73 Å². The molecule has 2 nitrogen and oxygen atoms in total. The minimum atomic E-state index is -0.206. The van der Waals surface area contributed by atoms with Gasteiger partial charge in [-0.25, -0.2) is 0 Å². The summed E-state index contributed by atoms with van der Waals surface area (Å²) in [7, 11) is 0. The standard InChI is InChI=1S/C13H20O2/c1-3-6-13(15-11(2)14)10-9-12-7-4-5-8-12/h10,13H,3-8H2,1-2H3/t13-/m0/s1. The van der Waals surface area contributed by atoms with Crippen molar-refractivity contribution >= 4 is 5.97 Å². The van der Waals surface area contributed by atoms with Gasteiger partial charge in [0.2, 0.25) is 0 Å². The van der Waals surface area contributed by atoms with Crippen LogP contribution in [0.1, 0.15) is 52.4 Å². The van der Waals surface area contributed by atoms with Crippen molar-refractivity contribution in [3.63, 3.8) is 0 Å². The van der Waals surface area contributed by atoms with Gasteiger partial charge in [-0.05, 0) is 43.8 Å². The molecule has 0 bridgehead atoms. The van der Waals surface area contributed by atoms with Gasteiger partial charge in [0, 0.05) is 6.92 Å². The molecule has 0 N–H and O–H groups in total. The van der Waals surface area contributed by atoms with Crippen molar-refractivity contribution in [2.45, 2.75) is 58.5 Å². The summed E-state index contributed by atoms with van der Waals surface area (Å²) in [6.07, 6.45) is 8.63. The smallest absolute Gasteiger partial charge is 0.303 e. The molecule has 1 fully saturated rings. The van der Waals surface area contributed by atoms with Crippen LogP contribution < -0.4 is 0 Å². The van der Waals surface area contributed by atoms with Crippen LogP contribution in [0.3, 0.4) is 0 Å². The maximum Gasteiger partial charge on any atom is 0.303 e. The van der Waals surface area contributed by atoms with Crippen LogP contribution in [-0.4, -0.2) is 12.1 Å². The van der Waals surface area contributed by atoms with Crippen molar-refractivity contribution in [3.8, 4) is 0 Å². The van der Waals surface area contributed by atoms with Crippen molar-refractivity contribution in [3.05, 3.63) is 17.4 Å². The SMILES string of the molecule is CCC[C@@H](C=C=C1CCCC1)OC(C)=O. The number of carbonyl (C=O) groups excluding carboxylic acids is 1. The summed E-state index contributed by atoms with van der Waals surface area (Å²) in [4.78, 5) is 10.8. The van der Waals surface area contributed by atoms with Crippen LogP contribution in [0.4, 0.5) is 0 Å². The van der Waals surface area contributed by atoms with Gasteiger partial charge in [0.05, 0.1) is 0 Å². The first-order valence-corrected chi connectivity index (χ1v) is 5.84. The van der Waals surface area contributed by atoms with Gasteiger partial charge in [-0.3, -0.25) is 4.79 Å². The first kappa shape index (κ1) is 12.1. The lowest BCUT2D eigenvalue weighted by molar-refractivity contribution is -0.144. The molecule has 0 aromatic heterocycles. The summed E-state index contributed by atoms with van der Waals surface area (Å²) >= 11 is 0. The highest BCUT2D eigenvalue weighted by Crippen LogP contribution is 2.22. The monoisotopic (exact) mass is 208 g/mol. The molecule has 0 aromatic rings. The fraction of sp³-hybridized carbons (Fsp3) is 0.692. The van der Waals surface area contributed by atoms with Crippen molar-refractivity contribution in [2.24, 2.45) is 0 Å². The van der Waals surface area contributed by atoms with E-state index in [1.165, 1.54) is 25.3 Å². The minimum Gasteiger partial charge on any atom is -0.458 e. The summed E-state index contributed by atoms with van der Waals surface area (Å²) in [6, 6.07) is 0. The zero-order valence-corrected chi connectivity index (χ0v) is 9.71. The molecule has 1 saturated carbocycles. The number of carbonyl (C=O) groups is 1. The van der Waals surface area contributed by atoms with E-state index < -0.39 is 0 Å². The highest BCUT2D eigenvalue weighted by molar-refractivity contribution is 5.66. The van der Waals surface area contributed by atoms with E-state index in [0.717, 1.165) is 25.7 Å². The number of rotatable bonds is 4. The lowest BCUT2D eigenvalue weighted by Crippen LogP contribution is -2.12. The van der Waals surface area contributed by atoms with E-state index in [2.05, 4.69) is 12.7 Å². The third-order valence-electron chi connectivity index (χ3n) is 2.57. The second-order valence-electron chi connectivity index (χ2n) is 4.06.